The van der Waals surface area contributed by atoms with Crippen molar-refractivity contribution in [2.45, 2.75) is 38.3 Å². The second-order valence-corrected chi connectivity index (χ2v) is 5.22. The van der Waals surface area contributed by atoms with E-state index in [0.717, 1.165) is 38.5 Å². The van der Waals surface area contributed by atoms with Gasteiger partial charge in [-0.2, -0.15) is 0 Å². The van der Waals surface area contributed by atoms with Gasteiger partial charge >= 0.3 is 0 Å². The SMILES string of the molecule is CC1CCN(C2CNCCC2(C)O)C1. The average Bonchev–Trinajstić information content (AvgIpc) is 2.51. The summed E-state index contributed by atoms with van der Waals surface area (Å²) >= 11 is 0. The first kappa shape index (κ1) is 10.4. The van der Waals surface area contributed by atoms with Gasteiger partial charge in [-0.1, -0.05) is 6.92 Å². The van der Waals surface area contributed by atoms with E-state index in [-0.39, 0.29) is 0 Å². The van der Waals surface area contributed by atoms with Crippen molar-refractivity contribution in [3.63, 3.8) is 0 Å². The molecule has 0 radical (unpaired) electrons. The zero-order valence-corrected chi connectivity index (χ0v) is 9.29. The molecule has 0 bridgehead atoms. The Morgan fingerprint density at radius 2 is 2.29 bits per heavy atom. The number of nitrogens with zero attached hydrogens (tertiary/aromatic N) is 1. The normalized spacial score (nSPS) is 45.6. The van der Waals surface area contributed by atoms with Crippen LogP contribution < -0.4 is 5.32 Å². The van der Waals surface area contributed by atoms with Crippen LogP contribution >= 0.6 is 0 Å². The van der Waals surface area contributed by atoms with E-state index in [1.165, 1.54) is 6.42 Å². The summed E-state index contributed by atoms with van der Waals surface area (Å²) in [5.74, 6) is 0.799. The molecule has 3 unspecified atom stereocenters. The van der Waals surface area contributed by atoms with Gasteiger partial charge in [0.1, 0.15) is 0 Å². The number of hydrogen-bond donors (Lipinski definition) is 2. The summed E-state index contributed by atoms with van der Waals surface area (Å²) in [4.78, 5) is 2.46. The third-order valence-corrected chi connectivity index (χ3v) is 3.76. The maximum absolute atomic E-state index is 10.3. The second kappa shape index (κ2) is 3.80. The van der Waals surface area contributed by atoms with Crippen LogP contribution in [0, 0.1) is 5.92 Å². The molecule has 14 heavy (non-hydrogen) atoms. The van der Waals surface area contributed by atoms with Crippen LogP contribution in [0.1, 0.15) is 26.7 Å². The summed E-state index contributed by atoms with van der Waals surface area (Å²) < 4.78 is 0. The van der Waals surface area contributed by atoms with Gasteiger partial charge in [-0.25, -0.2) is 0 Å². The largest absolute Gasteiger partial charge is 0.388 e. The molecule has 2 fully saturated rings. The topological polar surface area (TPSA) is 35.5 Å². The summed E-state index contributed by atoms with van der Waals surface area (Å²) in [5.41, 5.74) is -0.491. The fraction of sp³-hybridized carbons (Fsp3) is 1.00. The Morgan fingerprint density at radius 1 is 1.50 bits per heavy atom. The number of hydrogen-bond acceptors (Lipinski definition) is 3. The monoisotopic (exact) mass is 198 g/mol. The molecule has 2 saturated heterocycles. The molecule has 0 aromatic rings. The van der Waals surface area contributed by atoms with Gasteiger partial charge in [-0.05, 0) is 38.8 Å². The lowest BCUT2D eigenvalue weighted by atomic mass is 9.88. The van der Waals surface area contributed by atoms with Crippen molar-refractivity contribution in [1.82, 2.24) is 10.2 Å². The van der Waals surface area contributed by atoms with Crippen molar-refractivity contribution in [2.24, 2.45) is 5.92 Å². The standard InChI is InChI=1S/C11H22N2O/c1-9-3-6-13(8-9)10-7-12-5-4-11(10,2)14/h9-10,12,14H,3-8H2,1-2H3. The first-order valence-electron chi connectivity index (χ1n) is 5.77. The zero-order valence-electron chi connectivity index (χ0n) is 9.29. The van der Waals surface area contributed by atoms with E-state index >= 15 is 0 Å². The summed E-state index contributed by atoms with van der Waals surface area (Å²) in [5, 5.41) is 13.7. The lowest BCUT2D eigenvalue weighted by Crippen LogP contribution is -2.59. The quantitative estimate of drug-likeness (QED) is 0.642. The van der Waals surface area contributed by atoms with Crippen molar-refractivity contribution in [3.8, 4) is 0 Å². The van der Waals surface area contributed by atoms with Crippen LogP contribution in [0.3, 0.4) is 0 Å². The number of aliphatic hydroxyl groups is 1. The van der Waals surface area contributed by atoms with Gasteiger partial charge in [0, 0.05) is 13.1 Å². The molecule has 0 saturated carbocycles. The smallest absolute Gasteiger partial charge is 0.0798 e. The predicted octanol–water partition coefficient (Wildman–Crippen LogP) is 0.441. The van der Waals surface area contributed by atoms with Crippen LogP contribution in [-0.4, -0.2) is 47.8 Å². The molecule has 0 aromatic heterocycles. The molecule has 0 aliphatic carbocycles. The van der Waals surface area contributed by atoms with Gasteiger partial charge in [0.15, 0.2) is 0 Å². The number of likely N-dealkylation sites (tertiary alicyclic amines) is 1. The summed E-state index contributed by atoms with van der Waals surface area (Å²) in [6.45, 7) is 8.49. The Kier molecular flexibility index (Phi) is 2.82. The first-order chi connectivity index (χ1) is 6.59. The summed E-state index contributed by atoms with van der Waals surface area (Å²) in [6.07, 6.45) is 2.16. The molecule has 2 rings (SSSR count). The number of nitrogens with one attached hydrogen (secondary N) is 1. The minimum atomic E-state index is -0.491. The van der Waals surface area contributed by atoms with Crippen molar-refractivity contribution >= 4 is 0 Å². The van der Waals surface area contributed by atoms with Gasteiger partial charge in [0.05, 0.1) is 11.6 Å². The number of piperidine rings is 1. The average molecular weight is 198 g/mol. The van der Waals surface area contributed by atoms with Crippen LogP contribution in [0.15, 0.2) is 0 Å². The molecule has 0 spiro atoms. The molecule has 2 N–H and O–H groups in total. The maximum Gasteiger partial charge on any atom is 0.0798 e. The van der Waals surface area contributed by atoms with Crippen molar-refractivity contribution in [2.75, 3.05) is 26.2 Å². The van der Waals surface area contributed by atoms with Crippen LogP contribution in [0.2, 0.25) is 0 Å². The Hall–Kier alpha value is -0.120. The van der Waals surface area contributed by atoms with Crippen molar-refractivity contribution < 1.29 is 5.11 Å². The molecule has 3 atom stereocenters. The molecule has 3 heteroatoms. The van der Waals surface area contributed by atoms with Crippen LogP contribution in [0.4, 0.5) is 0 Å². The molecular formula is C11H22N2O. The Balaban J connectivity index is 2.01. The Bertz CT molecular complexity index is 205. The lowest BCUT2D eigenvalue weighted by molar-refractivity contribution is -0.0466. The minimum Gasteiger partial charge on any atom is -0.388 e. The highest BCUT2D eigenvalue weighted by Crippen LogP contribution is 2.27. The molecule has 82 valence electrons. The highest BCUT2D eigenvalue weighted by Gasteiger charge is 2.40. The van der Waals surface area contributed by atoms with E-state index in [9.17, 15) is 5.11 Å². The Morgan fingerprint density at radius 3 is 2.86 bits per heavy atom. The molecule has 2 aliphatic heterocycles. The first-order valence-corrected chi connectivity index (χ1v) is 5.77. The minimum absolute atomic E-state index is 0.321. The third-order valence-electron chi connectivity index (χ3n) is 3.76. The second-order valence-electron chi connectivity index (χ2n) is 5.22. The van der Waals surface area contributed by atoms with Gasteiger partial charge in [0.25, 0.3) is 0 Å². The molecule has 2 heterocycles. The van der Waals surface area contributed by atoms with E-state index in [1.54, 1.807) is 0 Å². The highest BCUT2D eigenvalue weighted by molar-refractivity contribution is 4.96. The molecule has 2 aliphatic rings. The van der Waals surface area contributed by atoms with Gasteiger partial charge in [0.2, 0.25) is 0 Å². The molecular weight excluding hydrogens is 176 g/mol. The maximum atomic E-state index is 10.3. The predicted molar refractivity (Wildman–Crippen MR) is 57.3 cm³/mol. The van der Waals surface area contributed by atoms with Gasteiger partial charge in [-0.15, -0.1) is 0 Å². The molecule has 3 nitrogen and oxygen atoms in total. The van der Waals surface area contributed by atoms with E-state index in [2.05, 4.69) is 17.1 Å². The number of rotatable bonds is 1. The Labute approximate surface area is 86.5 Å². The fourth-order valence-electron chi connectivity index (χ4n) is 2.74. The van der Waals surface area contributed by atoms with Crippen LogP contribution in [0.25, 0.3) is 0 Å². The molecule has 0 amide bonds. The van der Waals surface area contributed by atoms with E-state index in [0.29, 0.717) is 6.04 Å². The van der Waals surface area contributed by atoms with Crippen molar-refractivity contribution in [3.05, 3.63) is 0 Å². The van der Waals surface area contributed by atoms with E-state index in [1.807, 2.05) is 6.92 Å². The third kappa shape index (κ3) is 1.95. The van der Waals surface area contributed by atoms with E-state index < -0.39 is 5.60 Å². The van der Waals surface area contributed by atoms with Crippen molar-refractivity contribution in [1.29, 1.82) is 0 Å². The van der Waals surface area contributed by atoms with E-state index in [4.69, 9.17) is 0 Å². The van der Waals surface area contributed by atoms with Gasteiger partial charge < -0.3 is 10.4 Å². The lowest BCUT2D eigenvalue weighted by Gasteiger charge is -2.42. The van der Waals surface area contributed by atoms with Gasteiger partial charge in [-0.3, -0.25) is 4.90 Å². The van der Waals surface area contributed by atoms with Crippen LogP contribution in [-0.2, 0) is 0 Å². The molecule has 0 aromatic carbocycles. The highest BCUT2D eigenvalue weighted by atomic mass is 16.3. The fourth-order valence-corrected chi connectivity index (χ4v) is 2.74. The summed E-state index contributed by atoms with van der Waals surface area (Å²) in [6, 6.07) is 0.321. The summed E-state index contributed by atoms with van der Waals surface area (Å²) in [7, 11) is 0. The zero-order chi connectivity index (χ0) is 10.2. The van der Waals surface area contributed by atoms with Crippen LogP contribution in [0.5, 0.6) is 0 Å².